The lowest BCUT2D eigenvalue weighted by molar-refractivity contribution is 0.151. The molecule has 1 N–H and O–H groups in total. The Kier molecular flexibility index (Phi) is 2.99. The number of aromatic nitrogens is 3. The average Bonchev–Trinajstić information content (AvgIpc) is 2.70. The molecule has 0 spiro atoms. The molecule has 0 aliphatic heterocycles. The first kappa shape index (κ1) is 10.1. The van der Waals surface area contributed by atoms with Crippen molar-refractivity contribution in [3.63, 3.8) is 0 Å². The molecule has 1 unspecified atom stereocenters. The Morgan fingerprint density at radius 1 is 1.47 bits per heavy atom. The molecule has 0 radical (unpaired) electrons. The third kappa shape index (κ3) is 2.55. The number of aliphatic hydroxyl groups excluding tert-OH is 1. The van der Waals surface area contributed by atoms with Gasteiger partial charge < -0.3 is 5.11 Å². The second kappa shape index (κ2) is 4.42. The highest BCUT2D eigenvalue weighted by atomic mass is 35.5. The van der Waals surface area contributed by atoms with E-state index < -0.39 is 6.10 Å². The number of nitrogens with zero attached hydrogens (tertiary/aromatic N) is 3. The van der Waals surface area contributed by atoms with Gasteiger partial charge in [-0.25, -0.2) is 4.98 Å². The van der Waals surface area contributed by atoms with Gasteiger partial charge in [0.15, 0.2) is 0 Å². The van der Waals surface area contributed by atoms with E-state index in [0.29, 0.717) is 11.6 Å². The van der Waals surface area contributed by atoms with E-state index in [1.165, 1.54) is 6.33 Å². The largest absolute Gasteiger partial charge is 0.386 e. The van der Waals surface area contributed by atoms with Gasteiger partial charge in [-0.3, -0.25) is 4.68 Å². The normalized spacial score (nSPS) is 12.7. The fourth-order valence-corrected chi connectivity index (χ4v) is 1.52. The smallest absolute Gasteiger partial charge is 0.137 e. The van der Waals surface area contributed by atoms with Gasteiger partial charge in [-0.05, 0) is 17.7 Å². The van der Waals surface area contributed by atoms with Crippen LogP contribution in [-0.2, 0) is 6.54 Å². The number of hydrogen-bond acceptors (Lipinski definition) is 3. The van der Waals surface area contributed by atoms with Gasteiger partial charge in [0, 0.05) is 5.02 Å². The fourth-order valence-electron chi connectivity index (χ4n) is 1.32. The number of rotatable bonds is 3. The van der Waals surface area contributed by atoms with Crippen LogP contribution in [0.5, 0.6) is 0 Å². The first-order valence-electron chi connectivity index (χ1n) is 4.51. The van der Waals surface area contributed by atoms with Crippen LogP contribution in [0.2, 0.25) is 5.02 Å². The number of halogens is 1. The monoisotopic (exact) mass is 223 g/mol. The number of hydrogen-bond donors (Lipinski definition) is 1. The molecule has 5 heteroatoms. The van der Waals surface area contributed by atoms with Crippen LogP contribution in [0, 0.1) is 0 Å². The predicted molar refractivity (Wildman–Crippen MR) is 56.4 cm³/mol. The average molecular weight is 224 g/mol. The van der Waals surface area contributed by atoms with Crippen molar-refractivity contribution in [1.82, 2.24) is 14.8 Å². The topological polar surface area (TPSA) is 50.9 Å². The molecular weight excluding hydrogens is 214 g/mol. The van der Waals surface area contributed by atoms with Gasteiger partial charge in [0.1, 0.15) is 12.7 Å². The second-order valence-electron chi connectivity index (χ2n) is 3.19. The minimum Gasteiger partial charge on any atom is -0.386 e. The van der Waals surface area contributed by atoms with Gasteiger partial charge >= 0.3 is 0 Å². The van der Waals surface area contributed by atoms with E-state index in [1.807, 2.05) is 12.1 Å². The summed E-state index contributed by atoms with van der Waals surface area (Å²) in [5.74, 6) is 0. The lowest BCUT2D eigenvalue weighted by Crippen LogP contribution is -2.08. The molecule has 1 atom stereocenters. The highest BCUT2D eigenvalue weighted by molar-refractivity contribution is 6.30. The van der Waals surface area contributed by atoms with E-state index in [2.05, 4.69) is 10.1 Å². The highest BCUT2D eigenvalue weighted by Gasteiger charge is 2.08. The summed E-state index contributed by atoms with van der Waals surface area (Å²) in [6.45, 7) is 0.375. The molecule has 2 aromatic rings. The van der Waals surface area contributed by atoms with Crippen LogP contribution >= 0.6 is 11.6 Å². The van der Waals surface area contributed by atoms with E-state index in [9.17, 15) is 5.11 Å². The minimum absolute atomic E-state index is 0.375. The van der Waals surface area contributed by atoms with Gasteiger partial charge in [-0.1, -0.05) is 23.7 Å². The molecule has 4 nitrogen and oxygen atoms in total. The van der Waals surface area contributed by atoms with Crippen LogP contribution in [0.3, 0.4) is 0 Å². The molecule has 78 valence electrons. The zero-order chi connectivity index (χ0) is 10.7. The fraction of sp³-hybridized carbons (Fsp3) is 0.200. The molecule has 0 fully saturated rings. The summed E-state index contributed by atoms with van der Waals surface area (Å²) in [5.41, 5.74) is 0.776. The predicted octanol–water partition coefficient (Wildman–Crippen LogP) is 1.67. The summed E-state index contributed by atoms with van der Waals surface area (Å²) in [7, 11) is 0. The molecule has 1 heterocycles. The Hall–Kier alpha value is -1.39. The van der Waals surface area contributed by atoms with Gasteiger partial charge in [-0.15, -0.1) is 0 Å². The van der Waals surface area contributed by atoms with Gasteiger partial charge in [0.05, 0.1) is 12.6 Å². The summed E-state index contributed by atoms with van der Waals surface area (Å²) < 4.78 is 1.57. The van der Waals surface area contributed by atoms with Crippen LogP contribution in [0.4, 0.5) is 0 Å². The molecule has 0 amide bonds. The third-order valence-corrected chi connectivity index (χ3v) is 2.30. The van der Waals surface area contributed by atoms with E-state index >= 15 is 0 Å². The molecule has 15 heavy (non-hydrogen) atoms. The Bertz CT molecular complexity index is 430. The van der Waals surface area contributed by atoms with Gasteiger partial charge in [0.2, 0.25) is 0 Å². The van der Waals surface area contributed by atoms with Crippen molar-refractivity contribution in [2.45, 2.75) is 12.6 Å². The first-order chi connectivity index (χ1) is 7.25. The molecule has 0 bridgehead atoms. The maximum absolute atomic E-state index is 9.87. The summed E-state index contributed by atoms with van der Waals surface area (Å²) in [4.78, 5) is 3.80. The summed E-state index contributed by atoms with van der Waals surface area (Å²) in [5, 5.41) is 14.4. The Balaban J connectivity index is 2.11. The zero-order valence-electron chi connectivity index (χ0n) is 7.92. The number of aliphatic hydroxyl groups is 1. The van der Waals surface area contributed by atoms with Crippen molar-refractivity contribution >= 4 is 11.6 Å². The maximum Gasteiger partial charge on any atom is 0.137 e. The summed E-state index contributed by atoms with van der Waals surface area (Å²) >= 11 is 5.82. The molecule has 0 saturated carbocycles. The molecule has 1 aromatic heterocycles. The molecular formula is C10H10ClN3O. The number of benzene rings is 1. The second-order valence-corrected chi connectivity index (χ2v) is 3.62. The highest BCUT2D eigenvalue weighted by Crippen LogP contribution is 2.18. The third-order valence-electron chi connectivity index (χ3n) is 2.06. The van der Waals surface area contributed by atoms with Crippen LogP contribution < -0.4 is 0 Å². The summed E-state index contributed by atoms with van der Waals surface area (Å²) in [6.07, 6.45) is 2.38. The van der Waals surface area contributed by atoms with Gasteiger partial charge in [-0.2, -0.15) is 5.10 Å². The molecule has 0 saturated heterocycles. The van der Waals surface area contributed by atoms with E-state index in [1.54, 1.807) is 23.1 Å². The molecule has 2 rings (SSSR count). The van der Waals surface area contributed by atoms with E-state index in [0.717, 1.165) is 5.56 Å². The van der Waals surface area contributed by atoms with Crippen molar-refractivity contribution in [3.8, 4) is 0 Å². The quantitative estimate of drug-likeness (QED) is 0.861. The standard InChI is InChI=1S/C10H10ClN3O/c11-9-3-1-2-8(4-9)10(15)5-14-7-12-6-13-14/h1-4,6-7,10,15H,5H2. The molecule has 0 aliphatic rings. The molecule has 0 aliphatic carbocycles. The lowest BCUT2D eigenvalue weighted by atomic mass is 10.1. The van der Waals surface area contributed by atoms with Crippen LogP contribution in [-0.4, -0.2) is 19.9 Å². The minimum atomic E-state index is -0.620. The van der Waals surface area contributed by atoms with Gasteiger partial charge in [0.25, 0.3) is 0 Å². The summed E-state index contributed by atoms with van der Waals surface area (Å²) in [6, 6.07) is 7.14. The van der Waals surface area contributed by atoms with Crippen LogP contribution in [0.1, 0.15) is 11.7 Å². The van der Waals surface area contributed by atoms with Crippen molar-refractivity contribution in [2.75, 3.05) is 0 Å². The van der Waals surface area contributed by atoms with Crippen molar-refractivity contribution in [3.05, 3.63) is 47.5 Å². The van der Waals surface area contributed by atoms with Crippen LogP contribution in [0.15, 0.2) is 36.9 Å². The Morgan fingerprint density at radius 2 is 2.33 bits per heavy atom. The van der Waals surface area contributed by atoms with Crippen molar-refractivity contribution in [1.29, 1.82) is 0 Å². The SMILES string of the molecule is OC(Cn1cncn1)c1cccc(Cl)c1. The Labute approximate surface area is 92.1 Å². The van der Waals surface area contributed by atoms with E-state index in [4.69, 9.17) is 11.6 Å². The Morgan fingerprint density at radius 3 is 3.00 bits per heavy atom. The first-order valence-corrected chi connectivity index (χ1v) is 4.89. The van der Waals surface area contributed by atoms with Crippen LogP contribution in [0.25, 0.3) is 0 Å². The maximum atomic E-state index is 9.87. The van der Waals surface area contributed by atoms with E-state index in [-0.39, 0.29) is 0 Å². The lowest BCUT2D eigenvalue weighted by Gasteiger charge is -2.10. The molecule has 1 aromatic carbocycles. The van der Waals surface area contributed by atoms with Crippen molar-refractivity contribution < 1.29 is 5.11 Å². The zero-order valence-corrected chi connectivity index (χ0v) is 8.67. The van der Waals surface area contributed by atoms with Crippen molar-refractivity contribution in [2.24, 2.45) is 0 Å².